The SMILES string of the molecule is Cc1nn(Cc2ccccc2)c(C)c1C(=O)Nc1cccc(CN(C)C(=O)OC(C)(C)C)c1. The molecule has 2 aromatic carbocycles. The van der Waals surface area contributed by atoms with Gasteiger partial charge in [0, 0.05) is 25.0 Å². The molecule has 3 rings (SSSR count). The van der Waals surface area contributed by atoms with E-state index >= 15 is 0 Å². The number of hydrogen-bond donors (Lipinski definition) is 1. The zero-order valence-electron chi connectivity index (χ0n) is 20.2. The molecule has 0 bridgehead atoms. The van der Waals surface area contributed by atoms with Crippen molar-refractivity contribution in [2.45, 2.75) is 53.3 Å². The molecule has 0 unspecified atom stereocenters. The molecule has 0 fully saturated rings. The van der Waals surface area contributed by atoms with Crippen molar-refractivity contribution < 1.29 is 14.3 Å². The predicted octanol–water partition coefficient (Wildman–Crippen LogP) is 5.17. The van der Waals surface area contributed by atoms with Crippen LogP contribution in [0.1, 0.15) is 53.6 Å². The molecular weight excluding hydrogens is 416 g/mol. The summed E-state index contributed by atoms with van der Waals surface area (Å²) < 4.78 is 7.26. The van der Waals surface area contributed by atoms with Gasteiger partial charge in [-0.05, 0) is 57.9 Å². The molecule has 0 aliphatic carbocycles. The number of amides is 2. The lowest BCUT2D eigenvalue weighted by atomic mass is 10.1. The predicted molar refractivity (Wildman–Crippen MR) is 129 cm³/mol. The Morgan fingerprint density at radius 1 is 1.03 bits per heavy atom. The molecule has 0 saturated carbocycles. The van der Waals surface area contributed by atoms with Crippen LogP contribution in [0.3, 0.4) is 0 Å². The van der Waals surface area contributed by atoms with Gasteiger partial charge in [0.15, 0.2) is 0 Å². The number of carbonyl (C=O) groups excluding carboxylic acids is 2. The molecule has 1 heterocycles. The van der Waals surface area contributed by atoms with Gasteiger partial charge in [0.25, 0.3) is 5.91 Å². The molecular formula is C26H32N4O3. The van der Waals surface area contributed by atoms with Gasteiger partial charge in [-0.1, -0.05) is 42.5 Å². The fraction of sp³-hybridized carbons (Fsp3) is 0.346. The fourth-order valence-corrected chi connectivity index (χ4v) is 3.56. The largest absolute Gasteiger partial charge is 0.444 e. The van der Waals surface area contributed by atoms with Crippen LogP contribution < -0.4 is 5.32 Å². The van der Waals surface area contributed by atoms with Crippen molar-refractivity contribution in [1.29, 1.82) is 0 Å². The first-order valence-electron chi connectivity index (χ1n) is 11.0. The first kappa shape index (κ1) is 24.0. The minimum atomic E-state index is -0.554. The van der Waals surface area contributed by atoms with E-state index in [0.717, 1.165) is 16.8 Å². The maximum Gasteiger partial charge on any atom is 0.410 e. The minimum absolute atomic E-state index is 0.207. The summed E-state index contributed by atoms with van der Waals surface area (Å²) >= 11 is 0. The quantitative estimate of drug-likeness (QED) is 0.565. The summed E-state index contributed by atoms with van der Waals surface area (Å²) in [4.78, 5) is 26.8. The van der Waals surface area contributed by atoms with Crippen LogP contribution in [0.15, 0.2) is 54.6 Å². The number of hydrogen-bond acceptors (Lipinski definition) is 4. The first-order valence-corrected chi connectivity index (χ1v) is 11.0. The van der Waals surface area contributed by atoms with E-state index in [4.69, 9.17) is 4.74 Å². The van der Waals surface area contributed by atoms with E-state index in [2.05, 4.69) is 10.4 Å². The number of nitrogens with zero attached hydrogens (tertiary/aromatic N) is 3. The molecule has 3 aromatic rings. The molecule has 0 aliphatic heterocycles. The van der Waals surface area contributed by atoms with Gasteiger partial charge in [-0.2, -0.15) is 5.10 Å². The molecule has 7 nitrogen and oxygen atoms in total. The van der Waals surface area contributed by atoms with E-state index in [1.807, 2.05) is 93.9 Å². The van der Waals surface area contributed by atoms with Crippen molar-refractivity contribution in [3.63, 3.8) is 0 Å². The molecule has 0 radical (unpaired) electrons. The van der Waals surface area contributed by atoms with Crippen molar-refractivity contribution in [1.82, 2.24) is 14.7 Å². The van der Waals surface area contributed by atoms with Gasteiger partial charge in [0.2, 0.25) is 0 Å². The Hall–Kier alpha value is -3.61. The van der Waals surface area contributed by atoms with Gasteiger partial charge in [0.1, 0.15) is 5.60 Å². The van der Waals surface area contributed by atoms with E-state index in [1.54, 1.807) is 7.05 Å². The van der Waals surface area contributed by atoms with Crippen LogP contribution in [0.4, 0.5) is 10.5 Å². The lowest BCUT2D eigenvalue weighted by Gasteiger charge is -2.24. The van der Waals surface area contributed by atoms with E-state index in [9.17, 15) is 9.59 Å². The Balaban J connectivity index is 1.70. The second kappa shape index (κ2) is 9.90. The number of aryl methyl sites for hydroxylation is 1. The molecule has 0 atom stereocenters. The van der Waals surface area contributed by atoms with Crippen molar-refractivity contribution >= 4 is 17.7 Å². The Bertz CT molecular complexity index is 1130. The third-order valence-electron chi connectivity index (χ3n) is 5.09. The number of carbonyl (C=O) groups is 2. The van der Waals surface area contributed by atoms with Gasteiger partial charge in [-0.3, -0.25) is 9.48 Å². The molecule has 0 saturated heterocycles. The summed E-state index contributed by atoms with van der Waals surface area (Å²) in [6, 6.07) is 17.5. The molecule has 0 aliphatic rings. The molecule has 2 amide bonds. The highest BCUT2D eigenvalue weighted by Gasteiger charge is 2.21. The van der Waals surface area contributed by atoms with Crippen molar-refractivity contribution in [3.05, 3.63) is 82.7 Å². The van der Waals surface area contributed by atoms with Crippen LogP contribution in [0.2, 0.25) is 0 Å². The highest BCUT2D eigenvalue weighted by atomic mass is 16.6. The topological polar surface area (TPSA) is 76.5 Å². The highest BCUT2D eigenvalue weighted by Crippen LogP contribution is 2.19. The molecule has 7 heteroatoms. The summed E-state index contributed by atoms with van der Waals surface area (Å²) in [7, 11) is 1.69. The van der Waals surface area contributed by atoms with E-state index < -0.39 is 11.7 Å². The third kappa shape index (κ3) is 6.44. The summed E-state index contributed by atoms with van der Waals surface area (Å²) in [5.74, 6) is -0.207. The van der Waals surface area contributed by atoms with E-state index in [-0.39, 0.29) is 5.91 Å². The molecule has 174 valence electrons. The summed E-state index contributed by atoms with van der Waals surface area (Å²) in [5, 5.41) is 7.54. The van der Waals surface area contributed by atoms with Gasteiger partial charge in [0.05, 0.1) is 17.8 Å². The Kier molecular flexibility index (Phi) is 7.21. The minimum Gasteiger partial charge on any atom is -0.444 e. The average Bonchev–Trinajstić information content (AvgIpc) is 3.00. The normalized spacial score (nSPS) is 11.2. The number of anilines is 1. The smallest absolute Gasteiger partial charge is 0.410 e. The maximum absolute atomic E-state index is 13.1. The number of benzene rings is 2. The zero-order chi connectivity index (χ0) is 24.2. The Labute approximate surface area is 195 Å². The Morgan fingerprint density at radius 3 is 2.36 bits per heavy atom. The zero-order valence-corrected chi connectivity index (χ0v) is 20.2. The number of ether oxygens (including phenoxy) is 1. The standard InChI is InChI=1S/C26H32N4O3/c1-18-23(19(2)30(28-18)17-20-11-8-7-9-12-20)24(31)27-22-14-10-13-21(15-22)16-29(6)25(32)33-26(3,4)5/h7-15H,16-17H2,1-6H3,(H,27,31). The highest BCUT2D eigenvalue weighted by molar-refractivity contribution is 6.05. The average molecular weight is 449 g/mol. The number of nitrogens with one attached hydrogen (secondary N) is 1. The van der Waals surface area contributed by atoms with Crippen molar-refractivity contribution in [2.24, 2.45) is 0 Å². The van der Waals surface area contributed by atoms with Crippen LogP contribution in [0.5, 0.6) is 0 Å². The van der Waals surface area contributed by atoms with Crippen molar-refractivity contribution in [2.75, 3.05) is 12.4 Å². The number of aromatic nitrogens is 2. The van der Waals surface area contributed by atoms with Crippen LogP contribution in [-0.2, 0) is 17.8 Å². The summed E-state index contributed by atoms with van der Waals surface area (Å²) in [5.41, 5.74) is 4.18. The number of rotatable bonds is 6. The summed E-state index contributed by atoms with van der Waals surface area (Å²) in [6.45, 7) is 10.2. The van der Waals surface area contributed by atoms with Crippen LogP contribution >= 0.6 is 0 Å². The lowest BCUT2D eigenvalue weighted by molar-refractivity contribution is 0.0285. The van der Waals surface area contributed by atoms with Crippen LogP contribution in [0, 0.1) is 13.8 Å². The molecule has 1 N–H and O–H groups in total. The molecule has 1 aromatic heterocycles. The Morgan fingerprint density at radius 2 is 1.70 bits per heavy atom. The fourth-order valence-electron chi connectivity index (χ4n) is 3.56. The van der Waals surface area contributed by atoms with Gasteiger partial charge < -0.3 is 15.0 Å². The molecule has 33 heavy (non-hydrogen) atoms. The van der Waals surface area contributed by atoms with E-state index in [0.29, 0.717) is 30.0 Å². The van der Waals surface area contributed by atoms with Gasteiger partial charge >= 0.3 is 6.09 Å². The maximum atomic E-state index is 13.1. The summed E-state index contributed by atoms with van der Waals surface area (Å²) in [6.07, 6.45) is -0.394. The van der Waals surface area contributed by atoms with Gasteiger partial charge in [-0.15, -0.1) is 0 Å². The van der Waals surface area contributed by atoms with Gasteiger partial charge in [-0.25, -0.2) is 4.79 Å². The van der Waals surface area contributed by atoms with E-state index in [1.165, 1.54) is 4.90 Å². The second-order valence-corrected chi connectivity index (χ2v) is 9.18. The first-order chi connectivity index (χ1) is 15.5. The molecule has 0 spiro atoms. The van der Waals surface area contributed by atoms with Crippen LogP contribution in [-0.4, -0.2) is 39.3 Å². The third-order valence-corrected chi connectivity index (χ3v) is 5.09. The monoisotopic (exact) mass is 448 g/mol. The van der Waals surface area contributed by atoms with Crippen LogP contribution in [0.25, 0.3) is 0 Å². The lowest BCUT2D eigenvalue weighted by Crippen LogP contribution is -2.33. The second-order valence-electron chi connectivity index (χ2n) is 9.18. The van der Waals surface area contributed by atoms with Crippen molar-refractivity contribution in [3.8, 4) is 0 Å².